The highest BCUT2D eigenvalue weighted by molar-refractivity contribution is 6.30. The van der Waals surface area contributed by atoms with E-state index in [0.717, 1.165) is 42.1 Å². The molecule has 1 aromatic heterocycles. The third-order valence-corrected chi connectivity index (χ3v) is 6.34. The van der Waals surface area contributed by atoms with Gasteiger partial charge in [-0.3, -0.25) is 9.88 Å². The predicted octanol–water partition coefficient (Wildman–Crippen LogP) is 4.94. The predicted molar refractivity (Wildman–Crippen MR) is 125 cm³/mol. The SMILES string of the molecule is CC(C)(C)OC(=O)N1CCC(N2Cc3ccncc3OCC2Cc2ccc(Cl)cc2)CC1. The molecule has 32 heavy (non-hydrogen) atoms. The second-order valence-corrected chi connectivity index (χ2v) is 10.1. The number of piperidine rings is 1. The van der Waals surface area contributed by atoms with Crippen LogP contribution in [0.2, 0.25) is 5.02 Å². The van der Waals surface area contributed by atoms with Gasteiger partial charge < -0.3 is 14.4 Å². The van der Waals surface area contributed by atoms with E-state index in [9.17, 15) is 4.79 Å². The van der Waals surface area contributed by atoms with Crippen LogP contribution in [0.1, 0.15) is 44.7 Å². The molecule has 0 bridgehead atoms. The molecule has 7 heteroatoms. The van der Waals surface area contributed by atoms with Crippen molar-refractivity contribution in [3.05, 3.63) is 58.9 Å². The molecule has 2 aliphatic heterocycles. The Labute approximate surface area is 195 Å². The first-order chi connectivity index (χ1) is 15.3. The number of carbonyl (C=O) groups excluding carboxylic acids is 1. The lowest BCUT2D eigenvalue weighted by Crippen LogP contribution is -2.51. The summed E-state index contributed by atoms with van der Waals surface area (Å²) in [5.74, 6) is 0.863. The summed E-state index contributed by atoms with van der Waals surface area (Å²) in [6, 6.07) is 10.7. The van der Waals surface area contributed by atoms with Gasteiger partial charge in [0.2, 0.25) is 0 Å². The summed E-state index contributed by atoms with van der Waals surface area (Å²) in [6.45, 7) is 8.54. The quantitative estimate of drug-likeness (QED) is 0.653. The second-order valence-electron chi connectivity index (χ2n) is 9.65. The van der Waals surface area contributed by atoms with Gasteiger partial charge in [-0.1, -0.05) is 23.7 Å². The van der Waals surface area contributed by atoms with Crippen LogP contribution in [0.3, 0.4) is 0 Å². The van der Waals surface area contributed by atoms with Gasteiger partial charge in [0.1, 0.15) is 18.0 Å². The Hall–Kier alpha value is -2.31. The zero-order valence-corrected chi connectivity index (χ0v) is 19.8. The molecule has 2 aliphatic rings. The third-order valence-electron chi connectivity index (χ3n) is 6.09. The summed E-state index contributed by atoms with van der Waals surface area (Å²) < 4.78 is 11.7. The van der Waals surface area contributed by atoms with Crippen LogP contribution in [-0.2, 0) is 17.7 Å². The van der Waals surface area contributed by atoms with E-state index in [1.807, 2.05) is 56.3 Å². The van der Waals surface area contributed by atoms with E-state index in [2.05, 4.69) is 22.0 Å². The molecule has 1 fully saturated rings. The van der Waals surface area contributed by atoms with Crippen molar-refractivity contribution < 1.29 is 14.3 Å². The maximum atomic E-state index is 12.5. The van der Waals surface area contributed by atoms with Crippen molar-refractivity contribution in [1.29, 1.82) is 0 Å². The van der Waals surface area contributed by atoms with Gasteiger partial charge in [0.15, 0.2) is 0 Å². The summed E-state index contributed by atoms with van der Waals surface area (Å²) in [6.07, 6.45) is 6.12. The van der Waals surface area contributed by atoms with E-state index in [0.29, 0.717) is 25.7 Å². The number of pyridine rings is 1. The number of fused-ring (bicyclic) bond motifs is 1. The number of rotatable bonds is 3. The van der Waals surface area contributed by atoms with E-state index in [4.69, 9.17) is 21.1 Å². The fourth-order valence-corrected chi connectivity index (χ4v) is 4.61. The molecule has 6 nitrogen and oxygen atoms in total. The van der Waals surface area contributed by atoms with E-state index in [1.165, 1.54) is 5.56 Å². The van der Waals surface area contributed by atoms with E-state index >= 15 is 0 Å². The number of ether oxygens (including phenoxy) is 2. The average Bonchev–Trinajstić information content (AvgIpc) is 2.94. The zero-order valence-electron chi connectivity index (χ0n) is 19.1. The molecular formula is C25H32ClN3O3. The fraction of sp³-hybridized carbons (Fsp3) is 0.520. The first-order valence-corrected chi connectivity index (χ1v) is 11.7. The number of halogens is 1. The van der Waals surface area contributed by atoms with Gasteiger partial charge in [0, 0.05) is 48.5 Å². The number of likely N-dealkylation sites (tertiary alicyclic amines) is 1. The monoisotopic (exact) mass is 457 g/mol. The van der Waals surface area contributed by atoms with Crippen molar-refractivity contribution >= 4 is 17.7 Å². The van der Waals surface area contributed by atoms with Gasteiger partial charge >= 0.3 is 6.09 Å². The number of nitrogens with zero attached hydrogens (tertiary/aromatic N) is 3. The van der Waals surface area contributed by atoms with E-state index in [1.54, 1.807) is 0 Å². The number of benzene rings is 1. The lowest BCUT2D eigenvalue weighted by atomic mass is 9.97. The minimum absolute atomic E-state index is 0.218. The van der Waals surface area contributed by atoms with Crippen molar-refractivity contribution in [3.8, 4) is 5.75 Å². The van der Waals surface area contributed by atoms with Crippen LogP contribution in [0.5, 0.6) is 5.75 Å². The Morgan fingerprint density at radius 1 is 1.19 bits per heavy atom. The van der Waals surface area contributed by atoms with Crippen LogP contribution in [-0.4, -0.2) is 58.3 Å². The number of hydrogen-bond acceptors (Lipinski definition) is 5. The van der Waals surface area contributed by atoms with Gasteiger partial charge in [-0.15, -0.1) is 0 Å². The van der Waals surface area contributed by atoms with Crippen LogP contribution in [0.4, 0.5) is 4.79 Å². The smallest absolute Gasteiger partial charge is 0.410 e. The topological polar surface area (TPSA) is 54.9 Å². The molecule has 0 N–H and O–H groups in total. The minimum atomic E-state index is -0.475. The standard InChI is InChI=1S/C25H32ClN3O3/c1-25(2,3)32-24(30)28-12-9-21(10-13-28)29-16-19-8-11-27-15-23(19)31-17-22(29)14-18-4-6-20(26)7-5-18/h4-8,11,15,21-22H,9-10,12-14,16-17H2,1-3H3. The molecular weight excluding hydrogens is 426 g/mol. The summed E-state index contributed by atoms with van der Waals surface area (Å²) >= 11 is 6.09. The van der Waals surface area contributed by atoms with Crippen LogP contribution >= 0.6 is 11.6 Å². The van der Waals surface area contributed by atoms with Gasteiger partial charge in [0.25, 0.3) is 0 Å². The lowest BCUT2D eigenvalue weighted by Gasteiger charge is -2.41. The first kappa shape index (κ1) is 22.9. The van der Waals surface area contributed by atoms with Gasteiger partial charge in [-0.2, -0.15) is 0 Å². The van der Waals surface area contributed by atoms with Gasteiger partial charge in [-0.25, -0.2) is 4.79 Å². The minimum Gasteiger partial charge on any atom is -0.490 e. The Balaban J connectivity index is 1.49. The first-order valence-electron chi connectivity index (χ1n) is 11.3. The van der Waals surface area contributed by atoms with E-state index < -0.39 is 5.60 Å². The maximum absolute atomic E-state index is 12.5. The van der Waals surface area contributed by atoms with Crippen LogP contribution in [0.25, 0.3) is 0 Å². The molecule has 3 heterocycles. The number of carbonyl (C=O) groups is 1. The largest absolute Gasteiger partial charge is 0.490 e. The molecule has 1 aromatic carbocycles. The molecule has 4 rings (SSSR count). The molecule has 1 amide bonds. The van der Waals surface area contributed by atoms with Crippen molar-refractivity contribution in [2.24, 2.45) is 0 Å². The van der Waals surface area contributed by atoms with Gasteiger partial charge in [-0.05, 0) is 63.8 Å². The van der Waals surface area contributed by atoms with Crippen molar-refractivity contribution in [2.75, 3.05) is 19.7 Å². The fourth-order valence-electron chi connectivity index (χ4n) is 4.48. The molecule has 2 aromatic rings. The summed E-state index contributed by atoms with van der Waals surface area (Å²) in [4.78, 5) is 21.1. The third kappa shape index (κ3) is 5.73. The number of hydrogen-bond donors (Lipinski definition) is 0. The average molecular weight is 458 g/mol. The molecule has 0 saturated carbocycles. The molecule has 0 aliphatic carbocycles. The number of aromatic nitrogens is 1. The van der Waals surface area contributed by atoms with Crippen LogP contribution in [0.15, 0.2) is 42.7 Å². The molecule has 0 spiro atoms. The molecule has 0 radical (unpaired) electrons. The van der Waals surface area contributed by atoms with Crippen LogP contribution in [0, 0.1) is 0 Å². The Bertz CT molecular complexity index is 921. The highest BCUT2D eigenvalue weighted by Gasteiger charge is 2.34. The Kier molecular flexibility index (Phi) is 6.91. The number of amides is 1. The normalized spacial score (nSPS) is 20.2. The molecule has 1 unspecified atom stereocenters. The Morgan fingerprint density at radius 3 is 2.59 bits per heavy atom. The summed E-state index contributed by atoms with van der Waals surface area (Å²) in [5, 5.41) is 0.746. The zero-order chi connectivity index (χ0) is 22.7. The summed E-state index contributed by atoms with van der Waals surface area (Å²) in [5.41, 5.74) is 1.92. The maximum Gasteiger partial charge on any atom is 0.410 e. The van der Waals surface area contributed by atoms with Crippen molar-refractivity contribution in [1.82, 2.24) is 14.8 Å². The molecule has 172 valence electrons. The van der Waals surface area contributed by atoms with Crippen molar-refractivity contribution in [2.45, 2.75) is 64.3 Å². The van der Waals surface area contributed by atoms with Crippen LogP contribution < -0.4 is 4.74 Å². The molecule has 1 atom stereocenters. The highest BCUT2D eigenvalue weighted by Crippen LogP contribution is 2.30. The van der Waals surface area contributed by atoms with E-state index in [-0.39, 0.29) is 12.1 Å². The molecule has 1 saturated heterocycles. The highest BCUT2D eigenvalue weighted by atomic mass is 35.5. The second kappa shape index (κ2) is 9.67. The van der Waals surface area contributed by atoms with Gasteiger partial charge in [0.05, 0.1) is 6.20 Å². The Morgan fingerprint density at radius 2 is 1.91 bits per heavy atom. The lowest BCUT2D eigenvalue weighted by molar-refractivity contribution is 0.00799. The summed E-state index contributed by atoms with van der Waals surface area (Å²) in [7, 11) is 0. The van der Waals surface area contributed by atoms with Crippen molar-refractivity contribution in [3.63, 3.8) is 0 Å².